The molecular weight excluding hydrogens is 200 g/mol. The number of ether oxygens (including phenoxy) is 2. The zero-order valence-electron chi connectivity index (χ0n) is 8.10. The van der Waals surface area contributed by atoms with Crippen molar-refractivity contribution in [2.75, 3.05) is 7.11 Å². The molecule has 1 aromatic rings. The van der Waals surface area contributed by atoms with E-state index in [0.29, 0.717) is 5.75 Å². The van der Waals surface area contributed by atoms with Crippen molar-refractivity contribution < 1.29 is 24.2 Å². The molecule has 0 spiro atoms. The Morgan fingerprint density at radius 1 is 1.33 bits per heavy atom. The zero-order valence-corrected chi connectivity index (χ0v) is 8.10. The second kappa shape index (κ2) is 4.99. The number of benzene rings is 1. The van der Waals surface area contributed by atoms with Crippen molar-refractivity contribution in [1.29, 1.82) is 0 Å². The van der Waals surface area contributed by atoms with Gasteiger partial charge in [0.1, 0.15) is 17.9 Å². The quantitative estimate of drug-likeness (QED) is 0.457. The molecule has 0 heterocycles. The maximum atomic E-state index is 11.0. The first-order valence-electron chi connectivity index (χ1n) is 4.18. The number of methoxy groups -OCH3 is 1. The minimum absolute atomic E-state index is 0.264. The molecule has 0 atom stereocenters. The van der Waals surface area contributed by atoms with Crippen LogP contribution in [0.1, 0.15) is 6.42 Å². The highest BCUT2D eigenvalue weighted by molar-refractivity contribution is 5.91. The maximum Gasteiger partial charge on any atom is 0.322 e. The molecule has 80 valence electrons. The summed E-state index contributed by atoms with van der Waals surface area (Å²) in [7, 11) is 1.48. The second-order valence-electron chi connectivity index (χ2n) is 2.72. The van der Waals surface area contributed by atoms with Crippen LogP contribution in [0.4, 0.5) is 0 Å². The molecule has 0 bridgehead atoms. The van der Waals surface area contributed by atoms with E-state index >= 15 is 0 Å². The average Bonchev–Trinajstić information content (AvgIpc) is 2.16. The number of carboxylic acids is 1. The van der Waals surface area contributed by atoms with E-state index in [1.807, 2.05) is 0 Å². The summed E-state index contributed by atoms with van der Waals surface area (Å²) < 4.78 is 9.68. The Kier molecular flexibility index (Phi) is 3.68. The van der Waals surface area contributed by atoms with Gasteiger partial charge < -0.3 is 14.6 Å². The van der Waals surface area contributed by atoms with Crippen LogP contribution in [0, 0.1) is 0 Å². The van der Waals surface area contributed by atoms with Crippen molar-refractivity contribution in [3.63, 3.8) is 0 Å². The highest BCUT2D eigenvalue weighted by Crippen LogP contribution is 2.19. The van der Waals surface area contributed by atoms with Gasteiger partial charge in [-0.15, -0.1) is 0 Å². The molecule has 0 amide bonds. The largest absolute Gasteiger partial charge is 0.497 e. The number of carbonyl (C=O) groups is 2. The lowest BCUT2D eigenvalue weighted by molar-refractivity contribution is -0.145. The summed E-state index contributed by atoms with van der Waals surface area (Å²) in [5, 5.41) is 8.34. The lowest BCUT2D eigenvalue weighted by Crippen LogP contribution is -2.13. The van der Waals surface area contributed by atoms with Crippen molar-refractivity contribution in [3.05, 3.63) is 24.3 Å². The summed E-state index contributed by atoms with van der Waals surface area (Å²) in [6.07, 6.45) is -0.656. The number of aliphatic carboxylic acids is 1. The van der Waals surface area contributed by atoms with Crippen LogP contribution in [0.25, 0.3) is 0 Å². The minimum Gasteiger partial charge on any atom is -0.497 e. The third-order valence-electron chi connectivity index (χ3n) is 1.57. The summed E-state index contributed by atoms with van der Waals surface area (Å²) in [6, 6.07) is 6.37. The van der Waals surface area contributed by atoms with Crippen LogP contribution in [0.2, 0.25) is 0 Å². The lowest BCUT2D eigenvalue weighted by Gasteiger charge is -2.04. The van der Waals surface area contributed by atoms with Gasteiger partial charge >= 0.3 is 11.9 Å². The summed E-state index contributed by atoms with van der Waals surface area (Å²) in [5.41, 5.74) is 0. The van der Waals surface area contributed by atoms with Crippen LogP contribution in [0.15, 0.2) is 24.3 Å². The topological polar surface area (TPSA) is 72.8 Å². The zero-order chi connectivity index (χ0) is 11.3. The van der Waals surface area contributed by atoms with Crippen LogP contribution in [0.3, 0.4) is 0 Å². The molecule has 0 fully saturated rings. The van der Waals surface area contributed by atoms with Crippen molar-refractivity contribution in [3.8, 4) is 11.5 Å². The molecular formula is C10H10O5. The number of hydrogen-bond acceptors (Lipinski definition) is 4. The van der Waals surface area contributed by atoms with Gasteiger partial charge in [-0.2, -0.15) is 0 Å². The Morgan fingerprint density at radius 2 is 2.00 bits per heavy atom. The Labute approximate surface area is 86.2 Å². The van der Waals surface area contributed by atoms with Crippen LogP contribution < -0.4 is 9.47 Å². The molecule has 0 unspecified atom stereocenters. The molecule has 5 nitrogen and oxygen atoms in total. The number of carboxylic acid groups (broad SMARTS) is 1. The molecule has 1 rings (SSSR count). The van der Waals surface area contributed by atoms with Gasteiger partial charge in [0.15, 0.2) is 0 Å². The van der Waals surface area contributed by atoms with Crippen LogP contribution in [0.5, 0.6) is 11.5 Å². The Balaban J connectivity index is 2.63. The molecule has 5 heteroatoms. The van der Waals surface area contributed by atoms with Gasteiger partial charge in [-0.1, -0.05) is 6.07 Å². The molecule has 1 N–H and O–H groups in total. The van der Waals surface area contributed by atoms with Gasteiger partial charge in [-0.05, 0) is 12.1 Å². The highest BCUT2D eigenvalue weighted by atomic mass is 16.5. The lowest BCUT2D eigenvalue weighted by atomic mass is 10.3. The van der Waals surface area contributed by atoms with Crippen LogP contribution in [-0.2, 0) is 9.59 Å². The fourth-order valence-corrected chi connectivity index (χ4v) is 0.956. The standard InChI is InChI=1S/C10H10O5/c1-14-7-3-2-4-8(5-7)15-10(13)6-9(11)12/h2-5H,6H2,1H3,(H,11,12). The van der Waals surface area contributed by atoms with E-state index < -0.39 is 18.4 Å². The van der Waals surface area contributed by atoms with E-state index in [1.165, 1.54) is 13.2 Å². The number of carbonyl (C=O) groups excluding carboxylic acids is 1. The molecule has 15 heavy (non-hydrogen) atoms. The van der Waals surface area contributed by atoms with E-state index in [9.17, 15) is 9.59 Å². The van der Waals surface area contributed by atoms with E-state index in [1.54, 1.807) is 18.2 Å². The average molecular weight is 210 g/mol. The molecule has 0 saturated heterocycles. The fourth-order valence-electron chi connectivity index (χ4n) is 0.956. The molecule has 0 radical (unpaired) electrons. The SMILES string of the molecule is COc1cccc(OC(=O)CC(=O)O)c1. The first-order valence-corrected chi connectivity index (χ1v) is 4.18. The normalized spacial score (nSPS) is 9.40. The third kappa shape index (κ3) is 3.68. The van der Waals surface area contributed by atoms with E-state index in [4.69, 9.17) is 14.6 Å². The van der Waals surface area contributed by atoms with Crippen LogP contribution >= 0.6 is 0 Å². The smallest absolute Gasteiger partial charge is 0.322 e. The van der Waals surface area contributed by atoms with Crippen molar-refractivity contribution >= 4 is 11.9 Å². The second-order valence-corrected chi connectivity index (χ2v) is 2.72. The number of esters is 1. The van der Waals surface area contributed by atoms with Crippen molar-refractivity contribution in [1.82, 2.24) is 0 Å². The third-order valence-corrected chi connectivity index (χ3v) is 1.57. The molecule has 0 aliphatic carbocycles. The molecule has 0 aliphatic heterocycles. The Morgan fingerprint density at radius 3 is 2.60 bits per heavy atom. The van der Waals surface area contributed by atoms with E-state index in [2.05, 4.69) is 0 Å². The monoisotopic (exact) mass is 210 g/mol. The Bertz CT molecular complexity index is 372. The van der Waals surface area contributed by atoms with Crippen molar-refractivity contribution in [2.45, 2.75) is 6.42 Å². The molecule has 0 aromatic heterocycles. The number of rotatable bonds is 4. The first kappa shape index (κ1) is 11.0. The van der Waals surface area contributed by atoms with Crippen LogP contribution in [-0.4, -0.2) is 24.2 Å². The molecule has 0 aliphatic rings. The van der Waals surface area contributed by atoms with Gasteiger partial charge in [0.25, 0.3) is 0 Å². The summed E-state index contributed by atoms with van der Waals surface area (Å²) >= 11 is 0. The first-order chi connectivity index (χ1) is 7.11. The van der Waals surface area contributed by atoms with E-state index in [-0.39, 0.29) is 5.75 Å². The van der Waals surface area contributed by atoms with Gasteiger partial charge in [0, 0.05) is 6.07 Å². The van der Waals surface area contributed by atoms with Crippen molar-refractivity contribution in [2.24, 2.45) is 0 Å². The van der Waals surface area contributed by atoms with E-state index in [0.717, 1.165) is 0 Å². The highest BCUT2D eigenvalue weighted by Gasteiger charge is 2.10. The maximum absolute atomic E-state index is 11.0. The predicted molar refractivity (Wildman–Crippen MR) is 50.9 cm³/mol. The number of hydrogen-bond donors (Lipinski definition) is 1. The summed E-state index contributed by atoms with van der Waals surface area (Å²) in [5.74, 6) is -1.23. The van der Waals surface area contributed by atoms with Gasteiger partial charge in [0.05, 0.1) is 7.11 Å². The Hall–Kier alpha value is -2.04. The fraction of sp³-hybridized carbons (Fsp3) is 0.200. The molecule has 1 aromatic carbocycles. The van der Waals surface area contributed by atoms with Gasteiger partial charge in [0.2, 0.25) is 0 Å². The van der Waals surface area contributed by atoms with Gasteiger partial charge in [-0.25, -0.2) is 0 Å². The summed E-state index contributed by atoms with van der Waals surface area (Å²) in [4.78, 5) is 21.2. The summed E-state index contributed by atoms with van der Waals surface area (Å²) in [6.45, 7) is 0. The molecule has 0 saturated carbocycles. The van der Waals surface area contributed by atoms with Gasteiger partial charge in [-0.3, -0.25) is 9.59 Å². The predicted octanol–water partition coefficient (Wildman–Crippen LogP) is 1.08. The minimum atomic E-state index is -1.22.